The number of aliphatic hydroxyl groups excluding tert-OH is 1. The fourth-order valence-corrected chi connectivity index (χ4v) is 3.38. The Balaban J connectivity index is 3.41. The molecule has 1 aromatic carbocycles. The van der Waals surface area contributed by atoms with Gasteiger partial charge in [0, 0.05) is 0 Å². The Morgan fingerprint density at radius 2 is 1.69 bits per heavy atom. The van der Waals surface area contributed by atoms with Crippen LogP contribution in [0.15, 0.2) is 41.0 Å². The Hall–Kier alpha value is -1.97. The van der Waals surface area contributed by atoms with Gasteiger partial charge in [0.05, 0.1) is 26.4 Å². The number of methoxy groups -OCH3 is 1. The summed E-state index contributed by atoms with van der Waals surface area (Å²) in [4.78, 5) is 29.3. The molecule has 0 aromatic heterocycles. The first kappa shape index (κ1) is 25.1. The second kappa shape index (κ2) is 13.3. The summed E-state index contributed by atoms with van der Waals surface area (Å²) >= 11 is 2.72. The molecule has 0 aliphatic heterocycles. The number of aliphatic imine (C=N–C) groups is 1. The number of benzene rings is 1. The van der Waals surface area contributed by atoms with Crippen LogP contribution in [-0.2, 0) is 19.1 Å². The molecule has 7 nitrogen and oxygen atoms in total. The molecule has 0 unspecified atom stereocenters. The number of ether oxygens (including phenoxy) is 3. The standard InChI is InChI=1S/C20H27NO6S2/c1-6-26-18(23)15(17(22)13-8-10-14(25-3)11-9-13)12-16(19(24)27-7-2)21-20(28-4)29-5/h8-12,15,17,22H,6-7H2,1-5H3/b16-12-/t15-,17+/m0/s1. The summed E-state index contributed by atoms with van der Waals surface area (Å²) in [6, 6.07) is 6.64. The van der Waals surface area contributed by atoms with Crippen molar-refractivity contribution >= 4 is 39.8 Å². The van der Waals surface area contributed by atoms with Crippen LogP contribution in [0, 0.1) is 5.92 Å². The molecule has 0 fully saturated rings. The summed E-state index contributed by atoms with van der Waals surface area (Å²) in [5.41, 5.74) is 0.415. The minimum absolute atomic E-state index is 0.0591. The average molecular weight is 442 g/mol. The number of hydrogen-bond acceptors (Lipinski definition) is 9. The van der Waals surface area contributed by atoms with Crippen LogP contribution in [0.2, 0.25) is 0 Å². The minimum atomic E-state index is -1.24. The quantitative estimate of drug-likeness (QED) is 0.270. The first-order chi connectivity index (χ1) is 13.9. The Labute approximate surface area is 179 Å². The van der Waals surface area contributed by atoms with E-state index in [0.717, 1.165) is 0 Å². The van der Waals surface area contributed by atoms with Crippen molar-refractivity contribution in [3.8, 4) is 5.75 Å². The Kier molecular flexibility index (Phi) is 11.5. The van der Waals surface area contributed by atoms with Crippen molar-refractivity contribution in [2.45, 2.75) is 20.0 Å². The molecule has 9 heteroatoms. The number of nitrogens with zero attached hydrogens (tertiary/aromatic N) is 1. The summed E-state index contributed by atoms with van der Waals surface area (Å²) < 4.78 is 15.9. The molecule has 0 saturated carbocycles. The maximum absolute atomic E-state index is 12.6. The third kappa shape index (κ3) is 7.75. The van der Waals surface area contributed by atoms with Crippen molar-refractivity contribution in [3.05, 3.63) is 41.6 Å². The zero-order chi connectivity index (χ0) is 21.8. The molecule has 0 radical (unpaired) electrons. The predicted octanol–water partition coefficient (Wildman–Crippen LogP) is 3.44. The number of hydrogen-bond donors (Lipinski definition) is 1. The number of carbonyl (C=O) groups is 2. The smallest absolute Gasteiger partial charge is 0.356 e. The summed E-state index contributed by atoms with van der Waals surface area (Å²) in [7, 11) is 1.54. The van der Waals surface area contributed by atoms with Gasteiger partial charge in [0.1, 0.15) is 21.7 Å². The first-order valence-electron chi connectivity index (χ1n) is 8.95. The van der Waals surface area contributed by atoms with Crippen molar-refractivity contribution in [2.24, 2.45) is 10.9 Å². The van der Waals surface area contributed by atoms with E-state index in [4.69, 9.17) is 14.2 Å². The zero-order valence-electron chi connectivity index (χ0n) is 17.2. The van der Waals surface area contributed by atoms with Gasteiger partial charge in [0.2, 0.25) is 0 Å². The lowest BCUT2D eigenvalue weighted by atomic mass is 9.94. The average Bonchev–Trinajstić information content (AvgIpc) is 2.74. The van der Waals surface area contributed by atoms with Crippen LogP contribution in [0.4, 0.5) is 0 Å². The lowest BCUT2D eigenvalue weighted by Crippen LogP contribution is -2.24. The van der Waals surface area contributed by atoms with Gasteiger partial charge in [-0.2, -0.15) is 0 Å². The van der Waals surface area contributed by atoms with E-state index in [1.807, 2.05) is 12.5 Å². The highest BCUT2D eigenvalue weighted by Crippen LogP contribution is 2.28. The highest BCUT2D eigenvalue weighted by atomic mass is 32.2. The lowest BCUT2D eigenvalue weighted by molar-refractivity contribution is -0.149. The molecular formula is C20H27NO6S2. The summed E-state index contributed by atoms with van der Waals surface area (Å²) in [6.45, 7) is 3.64. The molecule has 0 aliphatic rings. The molecule has 0 spiro atoms. The number of rotatable bonds is 9. The zero-order valence-corrected chi connectivity index (χ0v) is 18.8. The highest BCUT2D eigenvalue weighted by molar-refractivity contribution is 8.38. The molecule has 1 aromatic rings. The first-order valence-corrected chi connectivity index (χ1v) is 11.4. The van der Waals surface area contributed by atoms with Gasteiger partial charge in [-0.1, -0.05) is 12.1 Å². The molecule has 1 N–H and O–H groups in total. The van der Waals surface area contributed by atoms with Crippen molar-refractivity contribution in [1.29, 1.82) is 0 Å². The van der Waals surface area contributed by atoms with E-state index >= 15 is 0 Å². The molecular weight excluding hydrogens is 414 g/mol. The van der Waals surface area contributed by atoms with Crippen LogP contribution >= 0.6 is 23.5 Å². The largest absolute Gasteiger partial charge is 0.497 e. The summed E-state index contributed by atoms with van der Waals surface area (Å²) in [5, 5.41) is 10.9. The summed E-state index contributed by atoms with van der Waals surface area (Å²) in [6.07, 6.45) is 3.71. The van der Waals surface area contributed by atoms with E-state index in [1.165, 1.54) is 36.7 Å². The normalized spacial score (nSPS) is 13.2. The van der Waals surface area contributed by atoms with Crippen molar-refractivity contribution in [3.63, 3.8) is 0 Å². The Morgan fingerprint density at radius 1 is 1.10 bits per heavy atom. The SMILES string of the molecule is CCOC(=O)/C(=C/[C@H](C(=O)OCC)[C@H](O)c1ccc(OC)cc1)N=C(SC)SC. The molecule has 29 heavy (non-hydrogen) atoms. The molecule has 160 valence electrons. The van der Waals surface area contributed by atoms with Crippen LogP contribution in [0.1, 0.15) is 25.5 Å². The van der Waals surface area contributed by atoms with E-state index in [1.54, 1.807) is 38.1 Å². The van der Waals surface area contributed by atoms with Gasteiger partial charge in [-0.05, 0) is 50.1 Å². The van der Waals surface area contributed by atoms with E-state index in [-0.39, 0.29) is 18.9 Å². The van der Waals surface area contributed by atoms with Crippen LogP contribution in [0.3, 0.4) is 0 Å². The molecule has 2 atom stereocenters. The maximum Gasteiger partial charge on any atom is 0.356 e. The second-order valence-electron chi connectivity index (χ2n) is 5.55. The van der Waals surface area contributed by atoms with Gasteiger partial charge in [-0.25, -0.2) is 9.79 Å². The van der Waals surface area contributed by atoms with Gasteiger partial charge >= 0.3 is 11.9 Å². The Bertz CT molecular complexity index is 727. The molecule has 0 heterocycles. The van der Waals surface area contributed by atoms with Gasteiger partial charge < -0.3 is 19.3 Å². The topological polar surface area (TPSA) is 94.4 Å². The predicted molar refractivity (Wildman–Crippen MR) is 117 cm³/mol. The van der Waals surface area contributed by atoms with Gasteiger partial charge in [-0.3, -0.25) is 4.79 Å². The highest BCUT2D eigenvalue weighted by Gasteiger charge is 2.30. The fraction of sp³-hybridized carbons (Fsp3) is 0.450. The van der Waals surface area contributed by atoms with E-state index in [2.05, 4.69) is 4.99 Å². The number of thioether (sulfide) groups is 2. The van der Waals surface area contributed by atoms with Gasteiger partial charge in [0.15, 0.2) is 0 Å². The Morgan fingerprint density at radius 3 is 2.17 bits per heavy atom. The van der Waals surface area contributed by atoms with Crippen LogP contribution in [0.25, 0.3) is 0 Å². The molecule has 0 bridgehead atoms. The van der Waals surface area contributed by atoms with E-state index in [0.29, 0.717) is 15.7 Å². The monoisotopic (exact) mass is 441 g/mol. The number of esters is 2. The summed E-state index contributed by atoms with van der Waals surface area (Å²) in [5.74, 6) is -1.87. The minimum Gasteiger partial charge on any atom is -0.497 e. The molecule has 1 rings (SSSR count). The van der Waals surface area contributed by atoms with Crippen LogP contribution < -0.4 is 4.74 Å². The molecule has 0 aliphatic carbocycles. The number of carbonyl (C=O) groups excluding carboxylic acids is 2. The van der Waals surface area contributed by atoms with Crippen molar-refractivity contribution in [2.75, 3.05) is 32.8 Å². The maximum atomic E-state index is 12.6. The second-order valence-corrected chi connectivity index (χ2v) is 7.40. The van der Waals surface area contributed by atoms with Crippen LogP contribution in [0.5, 0.6) is 5.75 Å². The lowest BCUT2D eigenvalue weighted by Gasteiger charge is -2.20. The van der Waals surface area contributed by atoms with E-state index in [9.17, 15) is 14.7 Å². The van der Waals surface area contributed by atoms with Gasteiger partial charge in [0.25, 0.3) is 0 Å². The van der Waals surface area contributed by atoms with Crippen molar-refractivity contribution in [1.82, 2.24) is 0 Å². The van der Waals surface area contributed by atoms with Gasteiger partial charge in [-0.15, -0.1) is 23.5 Å². The molecule has 0 amide bonds. The number of aliphatic hydroxyl groups is 1. The van der Waals surface area contributed by atoms with Crippen LogP contribution in [-0.4, -0.2) is 54.3 Å². The third-order valence-electron chi connectivity index (χ3n) is 3.74. The van der Waals surface area contributed by atoms with Crippen molar-refractivity contribution < 1.29 is 28.9 Å². The third-order valence-corrected chi connectivity index (χ3v) is 5.62. The fourth-order valence-electron chi connectivity index (χ4n) is 2.33. The van der Waals surface area contributed by atoms with E-state index < -0.39 is 24.0 Å². The molecule has 0 saturated heterocycles.